The van der Waals surface area contributed by atoms with E-state index in [0.717, 1.165) is 23.1 Å². The molecule has 2 aromatic carbocycles. The molecule has 0 bridgehead atoms. The Morgan fingerprint density at radius 3 is 2.43 bits per heavy atom. The molecule has 2 aliphatic heterocycles. The van der Waals surface area contributed by atoms with Gasteiger partial charge in [0.25, 0.3) is 5.91 Å². The first-order valence-corrected chi connectivity index (χ1v) is 10.3. The summed E-state index contributed by atoms with van der Waals surface area (Å²) in [7, 11) is 3.25. The number of fused-ring (bicyclic) bond motifs is 1. The highest BCUT2D eigenvalue weighted by Crippen LogP contribution is 2.40. The van der Waals surface area contributed by atoms with Gasteiger partial charge in [0.1, 0.15) is 0 Å². The highest BCUT2D eigenvalue weighted by atomic mass is 16.5. The van der Waals surface area contributed by atoms with Gasteiger partial charge in [-0.15, -0.1) is 0 Å². The van der Waals surface area contributed by atoms with Crippen molar-refractivity contribution in [1.29, 1.82) is 0 Å². The van der Waals surface area contributed by atoms with Gasteiger partial charge in [0, 0.05) is 12.6 Å². The maximum absolute atomic E-state index is 13.4. The van der Waals surface area contributed by atoms with Crippen LogP contribution in [0.25, 0.3) is 0 Å². The Labute approximate surface area is 177 Å². The van der Waals surface area contributed by atoms with Crippen molar-refractivity contribution in [2.45, 2.75) is 45.7 Å². The lowest BCUT2D eigenvalue weighted by Crippen LogP contribution is -2.46. The number of aryl methyl sites for hydroxylation is 1. The second-order valence-electron chi connectivity index (χ2n) is 8.08. The highest BCUT2D eigenvalue weighted by Gasteiger charge is 2.45. The van der Waals surface area contributed by atoms with E-state index in [0.29, 0.717) is 23.7 Å². The van der Waals surface area contributed by atoms with Gasteiger partial charge < -0.3 is 9.47 Å². The Morgan fingerprint density at radius 1 is 1.03 bits per heavy atom. The van der Waals surface area contributed by atoms with Crippen molar-refractivity contribution >= 4 is 17.5 Å². The molecule has 1 fully saturated rings. The number of ether oxygens (including phenoxy) is 2. The number of amides is 2. The Morgan fingerprint density at radius 2 is 1.73 bits per heavy atom. The Kier molecular flexibility index (Phi) is 5.28. The van der Waals surface area contributed by atoms with E-state index in [2.05, 4.69) is 11.8 Å². The third kappa shape index (κ3) is 3.16. The lowest BCUT2D eigenvalue weighted by molar-refractivity contribution is -0.123. The number of hydrogen-bond donors (Lipinski definition) is 0. The van der Waals surface area contributed by atoms with Crippen LogP contribution in [0.2, 0.25) is 0 Å². The fourth-order valence-corrected chi connectivity index (χ4v) is 4.70. The van der Waals surface area contributed by atoms with Crippen molar-refractivity contribution in [1.82, 2.24) is 4.90 Å². The molecular weight excluding hydrogens is 380 g/mol. The number of benzene rings is 2. The molecule has 2 heterocycles. The smallest absolute Gasteiger partial charge is 0.251 e. The molecule has 2 aromatic rings. The lowest BCUT2D eigenvalue weighted by Gasteiger charge is -2.38. The summed E-state index contributed by atoms with van der Waals surface area (Å²) in [6.07, 6.45) is 1.00. The number of anilines is 1. The summed E-state index contributed by atoms with van der Waals surface area (Å²) in [5.74, 6) is 1.12. The first-order valence-electron chi connectivity index (χ1n) is 10.3. The van der Waals surface area contributed by atoms with Crippen LogP contribution in [0.3, 0.4) is 0 Å². The zero-order chi connectivity index (χ0) is 21.6. The molecule has 0 aromatic heterocycles. The molecule has 0 radical (unpaired) electrons. The molecule has 2 aliphatic rings. The average molecular weight is 408 g/mol. The lowest BCUT2D eigenvalue weighted by atomic mass is 9.91. The molecule has 0 N–H and O–H groups in total. The van der Waals surface area contributed by atoms with Crippen molar-refractivity contribution in [2.24, 2.45) is 0 Å². The fraction of sp³-hybridized carbons (Fsp3) is 0.417. The van der Waals surface area contributed by atoms with Crippen molar-refractivity contribution in [3.63, 3.8) is 0 Å². The van der Waals surface area contributed by atoms with Crippen LogP contribution in [-0.4, -0.2) is 43.5 Å². The van der Waals surface area contributed by atoms with Crippen LogP contribution in [0.5, 0.6) is 11.5 Å². The summed E-state index contributed by atoms with van der Waals surface area (Å²) in [6, 6.07) is 9.30. The summed E-state index contributed by atoms with van der Waals surface area (Å²) in [4.78, 5) is 29.8. The van der Waals surface area contributed by atoms with Gasteiger partial charge >= 0.3 is 0 Å². The van der Waals surface area contributed by atoms with Gasteiger partial charge in [-0.1, -0.05) is 12.1 Å². The Hall–Kier alpha value is -2.86. The maximum Gasteiger partial charge on any atom is 0.251 e. The van der Waals surface area contributed by atoms with Crippen LogP contribution < -0.4 is 14.4 Å². The van der Waals surface area contributed by atoms with Crippen LogP contribution in [0.1, 0.15) is 41.6 Å². The fourth-order valence-electron chi connectivity index (χ4n) is 4.70. The average Bonchev–Trinajstić information content (AvgIpc) is 3.03. The first-order chi connectivity index (χ1) is 14.4. The van der Waals surface area contributed by atoms with Gasteiger partial charge in [0.2, 0.25) is 5.91 Å². The molecule has 0 aliphatic carbocycles. The number of rotatable bonds is 4. The van der Waals surface area contributed by atoms with E-state index in [1.807, 2.05) is 44.2 Å². The number of hydrogen-bond acceptors (Lipinski definition) is 5. The molecule has 6 nitrogen and oxygen atoms in total. The molecule has 4 rings (SSSR count). The molecule has 2 amide bonds. The van der Waals surface area contributed by atoms with E-state index in [4.69, 9.17) is 9.47 Å². The molecule has 0 unspecified atom stereocenters. The SMILES string of the molecule is COc1cc2c(cc1OC)[C@H](C)N([C@H]1CC(=O)N(c3cccc(C)c3C)C1=O)CC2. The third-order valence-electron chi connectivity index (χ3n) is 6.57. The van der Waals surface area contributed by atoms with Crippen LogP contribution in [0, 0.1) is 13.8 Å². The maximum atomic E-state index is 13.4. The normalized spacial score (nSPS) is 21.7. The number of carbonyl (C=O) groups is 2. The summed E-state index contributed by atoms with van der Waals surface area (Å²) < 4.78 is 10.9. The first kappa shape index (κ1) is 20.4. The van der Waals surface area contributed by atoms with Crippen molar-refractivity contribution in [3.8, 4) is 11.5 Å². The second kappa shape index (κ2) is 7.76. The largest absolute Gasteiger partial charge is 0.493 e. The Balaban J connectivity index is 1.65. The standard InChI is InChI=1S/C24H28N2O4/c1-14-7-6-8-19(15(14)2)26-23(27)13-20(24(26)28)25-10-9-17-11-21(29-4)22(30-5)12-18(17)16(25)3/h6-8,11-12,16,20H,9-10,13H2,1-5H3/t16-,20-/m0/s1. The molecule has 6 heteroatoms. The summed E-state index contributed by atoms with van der Waals surface area (Å²) in [6.45, 7) is 6.75. The van der Waals surface area contributed by atoms with Gasteiger partial charge in [-0.05, 0) is 67.6 Å². The number of carbonyl (C=O) groups excluding carboxylic acids is 2. The molecule has 158 valence electrons. The number of methoxy groups -OCH3 is 2. The predicted octanol–water partition coefficient (Wildman–Crippen LogP) is 3.57. The van der Waals surface area contributed by atoms with E-state index >= 15 is 0 Å². The number of nitrogens with zero attached hydrogens (tertiary/aromatic N) is 2. The molecule has 0 saturated carbocycles. The van der Waals surface area contributed by atoms with E-state index in [1.54, 1.807) is 14.2 Å². The molecule has 0 spiro atoms. The minimum Gasteiger partial charge on any atom is -0.493 e. The highest BCUT2D eigenvalue weighted by molar-refractivity contribution is 6.22. The predicted molar refractivity (Wildman–Crippen MR) is 115 cm³/mol. The van der Waals surface area contributed by atoms with Crippen LogP contribution in [0.4, 0.5) is 5.69 Å². The molecule has 30 heavy (non-hydrogen) atoms. The van der Waals surface area contributed by atoms with Gasteiger partial charge in [0.15, 0.2) is 11.5 Å². The van der Waals surface area contributed by atoms with Crippen molar-refractivity contribution < 1.29 is 19.1 Å². The van der Waals surface area contributed by atoms with E-state index in [9.17, 15) is 9.59 Å². The minimum atomic E-state index is -0.450. The zero-order valence-electron chi connectivity index (χ0n) is 18.2. The van der Waals surface area contributed by atoms with Gasteiger partial charge in [-0.3, -0.25) is 14.5 Å². The molecule has 1 saturated heterocycles. The van der Waals surface area contributed by atoms with Gasteiger partial charge in [-0.25, -0.2) is 4.90 Å². The topological polar surface area (TPSA) is 59.1 Å². The van der Waals surface area contributed by atoms with Gasteiger partial charge in [-0.2, -0.15) is 0 Å². The van der Waals surface area contributed by atoms with Gasteiger partial charge in [0.05, 0.1) is 32.4 Å². The van der Waals surface area contributed by atoms with Crippen LogP contribution in [-0.2, 0) is 16.0 Å². The van der Waals surface area contributed by atoms with E-state index in [1.165, 1.54) is 10.5 Å². The monoisotopic (exact) mass is 408 g/mol. The van der Waals surface area contributed by atoms with Crippen LogP contribution >= 0.6 is 0 Å². The number of imide groups is 1. The summed E-state index contributed by atoms with van der Waals surface area (Å²) >= 11 is 0. The van der Waals surface area contributed by atoms with Crippen LogP contribution in [0.15, 0.2) is 30.3 Å². The van der Waals surface area contributed by atoms with Crippen molar-refractivity contribution in [2.75, 3.05) is 25.7 Å². The quantitative estimate of drug-likeness (QED) is 0.724. The van der Waals surface area contributed by atoms with Crippen molar-refractivity contribution in [3.05, 3.63) is 52.6 Å². The summed E-state index contributed by atoms with van der Waals surface area (Å²) in [5, 5.41) is 0. The second-order valence-corrected chi connectivity index (χ2v) is 8.08. The Bertz CT molecular complexity index is 1020. The minimum absolute atomic E-state index is 0.00568. The van der Waals surface area contributed by atoms with E-state index < -0.39 is 6.04 Å². The third-order valence-corrected chi connectivity index (χ3v) is 6.57. The molecular formula is C24H28N2O4. The summed E-state index contributed by atoms with van der Waals surface area (Å²) in [5.41, 5.74) is 5.04. The molecule has 2 atom stereocenters. The van der Waals surface area contributed by atoms with E-state index in [-0.39, 0.29) is 24.3 Å². The zero-order valence-corrected chi connectivity index (χ0v) is 18.2.